The summed E-state index contributed by atoms with van der Waals surface area (Å²) in [6.07, 6.45) is 2.38. The average Bonchev–Trinajstić information content (AvgIpc) is 2.97. The van der Waals surface area contributed by atoms with Crippen molar-refractivity contribution in [2.24, 2.45) is 0 Å². The molecule has 1 saturated heterocycles. The van der Waals surface area contributed by atoms with E-state index < -0.39 is 6.04 Å². The van der Waals surface area contributed by atoms with Crippen LogP contribution >= 0.6 is 0 Å². The summed E-state index contributed by atoms with van der Waals surface area (Å²) in [5.41, 5.74) is 2.06. The number of aromatic amines is 1. The lowest BCUT2D eigenvalue weighted by molar-refractivity contribution is -0.139. The number of ether oxygens (including phenoxy) is 1. The van der Waals surface area contributed by atoms with Crippen LogP contribution in [0.2, 0.25) is 0 Å². The minimum atomic E-state index is -0.551. The van der Waals surface area contributed by atoms with Gasteiger partial charge in [0.05, 0.1) is 13.2 Å². The fourth-order valence-corrected chi connectivity index (χ4v) is 2.97. The van der Waals surface area contributed by atoms with E-state index in [1.807, 2.05) is 30.5 Å². The molecule has 1 aromatic carbocycles. The highest BCUT2D eigenvalue weighted by molar-refractivity contribution is 5.89. The van der Waals surface area contributed by atoms with Crippen molar-refractivity contribution >= 4 is 22.7 Å². The van der Waals surface area contributed by atoms with Crippen LogP contribution in [0.1, 0.15) is 12.5 Å². The zero-order valence-corrected chi connectivity index (χ0v) is 13.2. The quantitative estimate of drug-likeness (QED) is 0.886. The molecule has 6 nitrogen and oxygen atoms in total. The summed E-state index contributed by atoms with van der Waals surface area (Å²) in [5, 5.41) is 3.88. The maximum Gasteiger partial charge on any atom is 0.245 e. The topological polar surface area (TPSA) is 74.4 Å². The standard InChI is InChI=1S/C17H21N3O3/c1-12(21)19-16(17(22)20-6-8-23-9-7-20)10-13-11-18-15-5-3-2-4-14(13)15/h2-5,11,16,18H,6-10H2,1H3,(H,19,21)/t16-/m0/s1. The van der Waals surface area contributed by atoms with Crippen molar-refractivity contribution in [1.82, 2.24) is 15.2 Å². The van der Waals surface area contributed by atoms with Crippen molar-refractivity contribution in [2.75, 3.05) is 26.3 Å². The molecule has 2 N–H and O–H groups in total. The van der Waals surface area contributed by atoms with Crippen LogP contribution in [0.3, 0.4) is 0 Å². The van der Waals surface area contributed by atoms with E-state index in [0.29, 0.717) is 32.7 Å². The van der Waals surface area contributed by atoms with Crippen LogP contribution < -0.4 is 5.32 Å². The van der Waals surface area contributed by atoms with Crippen LogP contribution in [0.4, 0.5) is 0 Å². The number of morpholine rings is 1. The van der Waals surface area contributed by atoms with E-state index in [2.05, 4.69) is 10.3 Å². The molecule has 1 fully saturated rings. The van der Waals surface area contributed by atoms with Crippen molar-refractivity contribution in [3.63, 3.8) is 0 Å². The number of benzene rings is 1. The molecular formula is C17H21N3O3. The Morgan fingerprint density at radius 1 is 1.30 bits per heavy atom. The van der Waals surface area contributed by atoms with Gasteiger partial charge in [0.1, 0.15) is 6.04 Å². The fraction of sp³-hybridized carbons (Fsp3) is 0.412. The number of fused-ring (bicyclic) bond motifs is 1. The fourth-order valence-electron chi connectivity index (χ4n) is 2.97. The van der Waals surface area contributed by atoms with Crippen LogP contribution in [0.15, 0.2) is 30.5 Å². The Kier molecular flexibility index (Phi) is 4.62. The molecule has 2 amide bonds. The Balaban J connectivity index is 1.81. The van der Waals surface area contributed by atoms with Gasteiger partial charge in [0.25, 0.3) is 0 Å². The van der Waals surface area contributed by atoms with Gasteiger partial charge >= 0.3 is 0 Å². The Labute approximate surface area is 134 Å². The SMILES string of the molecule is CC(=O)N[C@@H](Cc1c[nH]c2ccccc12)C(=O)N1CCOCC1. The normalized spacial score (nSPS) is 16.3. The molecule has 0 unspecified atom stereocenters. The molecule has 1 aliphatic rings. The van der Waals surface area contributed by atoms with Crippen molar-refractivity contribution in [3.8, 4) is 0 Å². The lowest BCUT2D eigenvalue weighted by atomic mass is 10.0. The van der Waals surface area contributed by atoms with Gasteiger partial charge in [-0.3, -0.25) is 9.59 Å². The second-order valence-electron chi connectivity index (χ2n) is 5.75. The average molecular weight is 315 g/mol. The number of carbonyl (C=O) groups excluding carboxylic acids is 2. The van der Waals surface area contributed by atoms with Gasteiger partial charge in [0, 0.05) is 43.5 Å². The van der Waals surface area contributed by atoms with Crippen LogP contribution in [-0.2, 0) is 20.7 Å². The zero-order valence-electron chi connectivity index (χ0n) is 13.2. The van der Waals surface area contributed by atoms with Gasteiger partial charge in [-0.1, -0.05) is 18.2 Å². The predicted octanol–water partition coefficient (Wildman–Crippen LogP) is 1.07. The summed E-state index contributed by atoms with van der Waals surface area (Å²) in [6.45, 7) is 3.68. The molecule has 122 valence electrons. The third kappa shape index (κ3) is 3.53. The number of H-pyrrole nitrogens is 1. The first kappa shape index (κ1) is 15.6. The van der Waals surface area contributed by atoms with Crippen molar-refractivity contribution in [1.29, 1.82) is 0 Å². The second kappa shape index (κ2) is 6.83. The second-order valence-corrected chi connectivity index (χ2v) is 5.75. The van der Waals surface area contributed by atoms with Gasteiger partial charge in [-0.2, -0.15) is 0 Å². The largest absolute Gasteiger partial charge is 0.378 e. The van der Waals surface area contributed by atoms with Crippen molar-refractivity contribution in [2.45, 2.75) is 19.4 Å². The molecule has 2 aromatic rings. The molecule has 23 heavy (non-hydrogen) atoms. The van der Waals surface area contributed by atoms with Crippen LogP contribution in [-0.4, -0.2) is 54.0 Å². The van der Waals surface area contributed by atoms with Crippen molar-refractivity contribution < 1.29 is 14.3 Å². The Morgan fingerprint density at radius 3 is 2.78 bits per heavy atom. The molecule has 1 aromatic heterocycles. The number of aromatic nitrogens is 1. The van der Waals surface area contributed by atoms with Gasteiger partial charge in [-0.05, 0) is 11.6 Å². The van der Waals surface area contributed by atoms with E-state index in [-0.39, 0.29) is 11.8 Å². The first-order valence-electron chi connectivity index (χ1n) is 7.84. The third-order valence-electron chi connectivity index (χ3n) is 4.10. The molecule has 0 radical (unpaired) electrons. The number of rotatable bonds is 4. The number of amides is 2. The van der Waals surface area contributed by atoms with Crippen LogP contribution in [0.5, 0.6) is 0 Å². The van der Waals surface area contributed by atoms with E-state index in [0.717, 1.165) is 16.5 Å². The predicted molar refractivity (Wildman–Crippen MR) is 87.0 cm³/mol. The lowest BCUT2D eigenvalue weighted by Gasteiger charge is -2.30. The molecule has 0 aliphatic carbocycles. The number of para-hydroxylation sites is 1. The number of carbonyl (C=O) groups is 2. The maximum absolute atomic E-state index is 12.7. The zero-order chi connectivity index (χ0) is 16.2. The summed E-state index contributed by atoms with van der Waals surface area (Å²) in [5.74, 6) is -0.245. The molecular weight excluding hydrogens is 294 g/mol. The molecule has 6 heteroatoms. The van der Waals surface area contributed by atoms with Gasteiger partial charge in [0.15, 0.2) is 0 Å². The molecule has 0 saturated carbocycles. The van der Waals surface area contributed by atoms with E-state index in [9.17, 15) is 9.59 Å². The minimum Gasteiger partial charge on any atom is -0.378 e. The van der Waals surface area contributed by atoms with Gasteiger partial charge < -0.3 is 19.9 Å². The Hall–Kier alpha value is -2.34. The number of nitrogens with one attached hydrogen (secondary N) is 2. The highest BCUT2D eigenvalue weighted by Crippen LogP contribution is 2.19. The van der Waals surface area contributed by atoms with E-state index in [1.165, 1.54) is 6.92 Å². The van der Waals surface area contributed by atoms with Crippen LogP contribution in [0, 0.1) is 0 Å². The molecule has 1 atom stereocenters. The summed E-state index contributed by atoms with van der Waals surface area (Å²) in [6, 6.07) is 7.40. The highest BCUT2D eigenvalue weighted by atomic mass is 16.5. The number of hydrogen-bond acceptors (Lipinski definition) is 3. The van der Waals surface area contributed by atoms with E-state index in [1.54, 1.807) is 4.90 Å². The van der Waals surface area contributed by atoms with Gasteiger partial charge in [0.2, 0.25) is 11.8 Å². The summed E-state index contributed by atoms with van der Waals surface area (Å²) in [4.78, 5) is 29.2. The monoisotopic (exact) mass is 315 g/mol. The molecule has 3 rings (SSSR count). The smallest absolute Gasteiger partial charge is 0.245 e. The van der Waals surface area contributed by atoms with Gasteiger partial charge in [-0.15, -0.1) is 0 Å². The molecule has 0 bridgehead atoms. The minimum absolute atomic E-state index is 0.0474. The highest BCUT2D eigenvalue weighted by Gasteiger charge is 2.27. The van der Waals surface area contributed by atoms with E-state index >= 15 is 0 Å². The van der Waals surface area contributed by atoms with Crippen LogP contribution in [0.25, 0.3) is 10.9 Å². The number of nitrogens with zero attached hydrogens (tertiary/aromatic N) is 1. The lowest BCUT2D eigenvalue weighted by Crippen LogP contribution is -2.52. The molecule has 1 aliphatic heterocycles. The summed E-state index contributed by atoms with van der Waals surface area (Å²) in [7, 11) is 0. The van der Waals surface area contributed by atoms with Gasteiger partial charge in [-0.25, -0.2) is 0 Å². The molecule has 0 spiro atoms. The first-order chi connectivity index (χ1) is 11.1. The Morgan fingerprint density at radius 2 is 2.04 bits per heavy atom. The first-order valence-corrected chi connectivity index (χ1v) is 7.84. The molecule has 2 heterocycles. The number of hydrogen-bond donors (Lipinski definition) is 2. The van der Waals surface area contributed by atoms with E-state index in [4.69, 9.17) is 4.74 Å². The summed E-state index contributed by atoms with van der Waals surface area (Å²) < 4.78 is 5.29. The third-order valence-corrected chi connectivity index (χ3v) is 4.10. The maximum atomic E-state index is 12.7. The van der Waals surface area contributed by atoms with Crippen molar-refractivity contribution in [3.05, 3.63) is 36.0 Å². The Bertz CT molecular complexity index is 704. The summed E-state index contributed by atoms with van der Waals surface area (Å²) >= 11 is 0.